The second-order valence-electron chi connectivity index (χ2n) is 4.89. The number of thiophene rings is 1. The number of aromatic nitrogens is 2. The Kier molecular flexibility index (Phi) is 3.20. The number of rotatable bonds is 3. The van der Waals surface area contributed by atoms with E-state index >= 15 is 0 Å². The maximum atomic E-state index is 5.79. The lowest BCUT2D eigenvalue weighted by Crippen LogP contribution is -2.33. The van der Waals surface area contributed by atoms with E-state index in [0.29, 0.717) is 5.92 Å². The summed E-state index contributed by atoms with van der Waals surface area (Å²) in [6.07, 6.45) is 7.61. The van der Waals surface area contributed by atoms with Crippen LogP contribution in [-0.2, 0) is 13.5 Å². The summed E-state index contributed by atoms with van der Waals surface area (Å²) < 4.78 is 1.83. The Labute approximate surface area is 111 Å². The van der Waals surface area contributed by atoms with Gasteiger partial charge in [-0.2, -0.15) is 5.10 Å². The zero-order valence-corrected chi connectivity index (χ0v) is 11.3. The van der Waals surface area contributed by atoms with Crippen molar-refractivity contribution >= 4 is 11.3 Å². The molecule has 18 heavy (non-hydrogen) atoms. The fourth-order valence-corrected chi connectivity index (χ4v) is 3.91. The highest BCUT2D eigenvalue weighted by atomic mass is 32.1. The third-order valence-electron chi connectivity index (χ3n) is 3.76. The molecule has 2 heterocycles. The molecule has 2 aromatic rings. The standard InChI is InChI=1S/C13H18N4S/c1-17-8-9(7-15-17)13(16-14)11-3-2-4-12-10(11)5-6-18-12/h5-8,11,13,16H,2-4,14H2,1H3. The van der Waals surface area contributed by atoms with Crippen LogP contribution in [0.5, 0.6) is 0 Å². The summed E-state index contributed by atoms with van der Waals surface area (Å²) in [5, 5.41) is 6.44. The zero-order chi connectivity index (χ0) is 12.5. The molecule has 0 aromatic carbocycles. The Bertz CT molecular complexity index is 531. The average Bonchev–Trinajstić information content (AvgIpc) is 2.99. The molecule has 0 saturated carbocycles. The molecule has 0 saturated heterocycles. The van der Waals surface area contributed by atoms with Gasteiger partial charge in [0.2, 0.25) is 0 Å². The second kappa shape index (κ2) is 4.84. The Morgan fingerprint density at radius 2 is 2.50 bits per heavy atom. The first-order valence-electron chi connectivity index (χ1n) is 6.30. The van der Waals surface area contributed by atoms with E-state index in [0.717, 1.165) is 0 Å². The van der Waals surface area contributed by atoms with E-state index in [1.165, 1.54) is 35.3 Å². The minimum atomic E-state index is 0.160. The van der Waals surface area contributed by atoms with E-state index in [9.17, 15) is 0 Å². The molecule has 3 rings (SSSR count). The monoisotopic (exact) mass is 262 g/mol. The molecule has 0 aliphatic heterocycles. The third kappa shape index (κ3) is 1.98. The van der Waals surface area contributed by atoms with E-state index in [1.807, 2.05) is 35.5 Å². The number of hydrazine groups is 1. The lowest BCUT2D eigenvalue weighted by molar-refractivity contribution is 0.410. The van der Waals surface area contributed by atoms with Gasteiger partial charge < -0.3 is 0 Å². The molecular weight excluding hydrogens is 244 g/mol. The van der Waals surface area contributed by atoms with Gasteiger partial charge in [0.25, 0.3) is 0 Å². The predicted octanol–water partition coefficient (Wildman–Crippen LogP) is 2.11. The molecule has 1 aliphatic carbocycles. The normalized spacial score (nSPS) is 20.7. The van der Waals surface area contributed by atoms with Gasteiger partial charge in [0.15, 0.2) is 0 Å². The first-order valence-corrected chi connectivity index (χ1v) is 7.18. The molecule has 2 atom stereocenters. The minimum absolute atomic E-state index is 0.160. The van der Waals surface area contributed by atoms with E-state index in [2.05, 4.69) is 22.0 Å². The molecule has 1 aliphatic rings. The molecule has 96 valence electrons. The van der Waals surface area contributed by atoms with Crippen molar-refractivity contribution in [1.29, 1.82) is 0 Å². The summed E-state index contributed by atoms with van der Waals surface area (Å²) >= 11 is 1.87. The van der Waals surface area contributed by atoms with Gasteiger partial charge >= 0.3 is 0 Å². The maximum Gasteiger partial charge on any atom is 0.0559 e. The minimum Gasteiger partial charge on any atom is -0.275 e. The first kappa shape index (κ1) is 11.9. The van der Waals surface area contributed by atoms with Crippen molar-refractivity contribution in [3.8, 4) is 0 Å². The van der Waals surface area contributed by atoms with Crippen molar-refractivity contribution in [3.05, 3.63) is 39.8 Å². The SMILES string of the molecule is Cn1cc(C(NN)C2CCCc3sccc32)cn1. The van der Waals surface area contributed by atoms with Crippen LogP contribution in [0.15, 0.2) is 23.8 Å². The lowest BCUT2D eigenvalue weighted by atomic mass is 9.81. The average molecular weight is 262 g/mol. The van der Waals surface area contributed by atoms with Crippen LogP contribution in [0, 0.1) is 0 Å². The highest BCUT2D eigenvalue weighted by Gasteiger charge is 2.29. The number of hydrogen-bond donors (Lipinski definition) is 2. The van der Waals surface area contributed by atoms with E-state index in [-0.39, 0.29) is 6.04 Å². The van der Waals surface area contributed by atoms with Crippen LogP contribution < -0.4 is 11.3 Å². The Morgan fingerprint density at radius 1 is 1.61 bits per heavy atom. The molecule has 2 unspecified atom stereocenters. The van der Waals surface area contributed by atoms with Crippen LogP contribution in [0.4, 0.5) is 0 Å². The van der Waals surface area contributed by atoms with Crippen molar-refractivity contribution in [3.63, 3.8) is 0 Å². The largest absolute Gasteiger partial charge is 0.275 e. The molecule has 5 heteroatoms. The van der Waals surface area contributed by atoms with Gasteiger partial charge in [-0.1, -0.05) is 0 Å². The second-order valence-corrected chi connectivity index (χ2v) is 5.89. The van der Waals surface area contributed by atoms with E-state index in [4.69, 9.17) is 5.84 Å². The highest BCUT2D eigenvalue weighted by molar-refractivity contribution is 7.10. The first-order chi connectivity index (χ1) is 8.79. The van der Waals surface area contributed by atoms with Gasteiger partial charge in [0.1, 0.15) is 0 Å². The van der Waals surface area contributed by atoms with Crippen molar-refractivity contribution in [2.75, 3.05) is 0 Å². The van der Waals surface area contributed by atoms with Gasteiger partial charge in [-0.25, -0.2) is 0 Å². The van der Waals surface area contributed by atoms with Crippen molar-refractivity contribution in [2.24, 2.45) is 12.9 Å². The van der Waals surface area contributed by atoms with Crippen LogP contribution in [0.25, 0.3) is 0 Å². The topological polar surface area (TPSA) is 55.9 Å². The molecule has 0 radical (unpaired) electrons. The number of nitrogens with two attached hydrogens (primary N) is 1. The van der Waals surface area contributed by atoms with E-state index < -0.39 is 0 Å². The summed E-state index contributed by atoms with van der Waals surface area (Å²) in [7, 11) is 1.94. The fourth-order valence-electron chi connectivity index (χ4n) is 2.91. The molecule has 0 amide bonds. The molecule has 0 bridgehead atoms. The molecule has 0 spiro atoms. The Hall–Kier alpha value is -1.17. The summed E-state index contributed by atoms with van der Waals surface area (Å²) in [6, 6.07) is 2.41. The van der Waals surface area contributed by atoms with Crippen molar-refractivity contribution < 1.29 is 0 Å². The molecule has 0 fully saturated rings. The maximum absolute atomic E-state index is 5.79. The predicted molar refractivity (Wildman–Crippen MR) is 73.3 cm³/mol. The van der Waals surface area contributed by atoms with E-state index in [1.54, 1.807) is 0 Å². The Morgan fingerprint density at radius 3 is 3.22 bits per heavy atom. The fraction of sp³-hybridized carbons (Fsp3) is 0.462. The number of fused-ring (bicyclic) bond motifs is 1. The van der Waals surface area contributed by atoms with Crippen LogP contribution in [0.3, 0.4) is 0 Å². The van der Waals surface area contributed by atoms with Crippen LogP contribution >= 0.6 is 11.3 Å². The Balaban J connectivity index is 1.94. The van der Waals surface area contributed by atoms with Crippen molar-refractivity contribution in [2.45, 2.75) is 31.2 Å². The van der Waals surface area contributed by atoms with Crippen molar-refractivity contribution in [1.82, 2.24) is 15.2 Å². The molecule has 3 N–H and O–H groups in total. The quantitative estimate of drug-likeness (QED) is 0.658. The molecule has 2 aromatic heterocycles. The third-order valence-corrected chi connectivity index (χ3v) is 4.76. The summed E-state index contributed by atoms with van der Waals surface area (Å²) in [4.78, 5) is 1.52. The number of nitrogens with one attached hydrogen (secondary N) is 1. The van der Waals surface area contributed by atoms with Crippen LogP contribution in [0.1, 0.15) is 40.8 Å². The van der Waals surface area contributed by atoms with Gasteiger partial charge in [0, 0.05) is 29.6 Å². The lowest BCUT2D eigenvalue weighted by Gasteiger charge is -2.29. The summed E-state index contributed by atoms with van der Waals surface area (Å²) in [5.74, 6) is 6.25. The summed E-state index contributed by atoms with van der Waals surface area (Å²) in [6.45, 7) is 0. The molecule has 4 nitrogen and oxygen atoms in total. The van der Waals surface area contributed by atoms with Gasteiger partial charge in [-0.15, -0.1) is 11.3 Å². The van der Waals surface area contributed by atoms with Gasteiger partial charge in [-0.3, -0.25) is 16.0 Å². The molecular formula is C13H18N4S. The van der Waals surface area contributed by atoms with Crippen LogP contribution in [-0.4, -0.2) is 9.78 Å². The summed E-state index contributed by atoms with van der Waals surface area (Å²) in [5.41, 5.74) is 5.62. The van der Waals surface area contributed by atoms with Crippen LogP contribution in [0.2, 0.25) is 0 Å². The number of hydrogen-bond acceptors (Lipinski definition) is 4. The highest BCUT2D eigenvalue weighted by Crippen LogP contribution is 2.41. The zero-order valence-electron chi connectivity index (χ0n) is 10.5. The number of nitrogens with zero attached hydrogens (tertiary/aromatic N) is 2. The van der Waals surface area contributed by atoms with Gasteiger partial charge in [0.05, 0.1) is 12.2 Å². The number of aryl methyl sites for hydroxylation is 2. The van der Waals surface area contributed by atoms with Gasteiger partial charge in [-0.05, 0) is 36.3 Å². The smallest absolute Gasteiger partial charge is 0.0559 e.